The summed E-state index contributed by atoms with van der Waals surface area (Å²) in [6.07, 6.45) is -3.55. The minimum atomic E-state index is -4.98. The molecule has 0 aliphatic heterocycles. The summed E-state index contributed by atoms with van der Waals surface area (Å²) in [4.78, 5) is 25.1. The summed E-state index contributed by atoms with van der Waals surface area (Å²) in [6, 6.07) is 0.496. The van der Waals surface area contributed by atoms with Crippen molar-refractivity contribution in [2.45, 2.75) is 12.2 Å². The van der Waals surface area contributed by atoms with Crippen LogP contribution in [-0.2, 0) is 4.79 Å². The Kier molecular flexibility index (Phi) is 3.59. The largest absolute Gasteiger partial charge is 0.471 e. The van der Waals surface area contributed by atoms with Crippen molar-refractivity contribution in [3.8, 4) is 0 Å². The first kappa shape index (κ1) is 14.6. The first-order chi connectivity index (χ1) is 9.21. The monoisotopic (exact) mass is 304 g/mol. The minimum Gasteiger partial charge on any atom is -0.383 e. The zero-order valence-corrected chi connectivity index (χ0v) is 11.4. The molecule has 8 heteroatoms. The van der Waals surface area contributed by atoms with Crippen LogP contribution in [0.15, 0.2) is 23.2 Å². The highest BCUT2D eigenvalue weighted by Gasteiger charge is 2.44. The summed E-state index contributed by atoms with van der Waals surface area (Å²) >= 11 is 1.15. The van der Waals surface area contributed by atoms with Crippen molar-refractivity contribution in [2.24, 2.45) is 0 Å². The fourth-order valence-electron chi connectivity index (χ4n) is 1.94. The van der Waals surface area contributed by atoms with Crippen molar-refractivity contribution >= 4 is 23.0 Å². The van der Waals surface area contributed by atoms with E-state index in [1.807, 2.05) is 5.32 Å². The van der Waals surface area contributed by atoms with Gasteiger partial charge in [0.25, 0.3) is 0 Å². The number of rotatable bonds is 2. The fourth-order valence-corrected chi connectivity index (χ4v) is 2.84. The lowest BCUT2D eigenvalue weighted by atomic mass is 10.1. The number of halogens is 3. The van der Waals surface area contributed by atoms with Gasteiger partial charge in [0.15, 0.2) is 0 Å². The SMILES string of the molecule is CN(C)/C=C1\C(=O)c2sccc2[C@H]1NC(=O)C(F)(F)F. The Bertz CT molecular complexity index is 590. The summed E-state index contributed by atoms with van der Waals surface area (Å²) in [5, 5.41) is 3.49. The van der Waals surface area contributed by atoms with Crippen LogP contribution < -0.4 is 5.32 Å². The molecule has 1 N–H and O–H groups in total. The molecule has 1 heterocycles. The Labute approximate surface area is 116 Å². The molecule has 1 aromatic rings. The number of ketones is 1. The lowest BCUT2D eigenvalue weighted by molar-refractivity contribution is -0.174. The van der Waals surface area contributed by atoms with Crippen LogP contribution in [0.1, 0.15) is 21.3 Å². The number of carbonyl (C=O) groups excluding carboxylic acids is 2. The molecule has 1 aromatic heterocycles. The van der Waals surface area contributed by atoms with E-state index in [1.54, 1.807) is 30.4 Å². The highest BCUT2D eigenvalue weighted by Crippen LogP contribution is 2.39. The average Bonchev–Trinajstić information content (AvgIpc) is 2.86. The van der Waals surface area contributed by atoms with E-state index in [2.05, 4.69) is 0 Å². The van der Waals surface area contributed by atoms with Crippen LogP contribution in [-0.4, -0.2) is 36.9 Å². The zero-order chi connectivity index (χ0) is 15.1. The lowest BCUT2D eigenvalue weighted by Crippen LogP contribution is -2.39. The molecule has 0 saturated carbocycles. The van der Waals surface area contributed by atoms with Crippen molar-refractivity contribution in [1.82, 2.24) is 10.2 Å². The number of alkyl halides is 3. The van der Waals surface area contributed by atoms with E-state index in [-0.39, 0.29) is 11.4 Å². The van der Waals surface area contributed by atoms with Crippen LogP contribution in [0.2, 0.25) is 0 Å². The van der Waals surface area contributed by atoms with E-state index < -0.39 is 18.1 Å². The third kappa shape index (κ3) is 2.55. The van der Waals surface area contributed by atoms with Crippen molar-refractivity contribution in [3.05, 3.63) is 33.7 Å². The standard InChI is InChI=1S/C12H11F3N2O2S/c1-17(2)5-7-8(16-11(19)12(13,14)15)6-3-4-20-10(6)9(7)18/h3-5,8H,1-2H3,(H,16,19)/b7-5-/t8-/m1/s1. The Morgan fingerprint density at radius 2 is 2.10 bits per heavy atom. The summed E-state index contributed by atoms with van der Waals surface area (Å²) < 4.78 is 37.1. The number of amides is 1. The van der Waals surface area contributed by atoms with Gasteiger partial charge in [-0.25, -0.2) is 0 Å². The molecule has 20 heavy (non-hydrogen) atoms. The average molecular weight is 304 g/mol. The number of thiophene rings is 1. The van der Waals surface area contributed by atoms with E-state index in [1.165, 1.54) is 6.20 Å². The molecule has 4 nitrogen and oxygen atoms in total. The van der Waals surface area contributed by atoms with Crippen molar-refractivity contribution in [2.75, 3.05) is 14.1 Å². The number of Topliss-reactive ketones (excluding diaryl/α,β-unsaturated/α-hetero) is 1. The minimum absolute atomic E-state index is 0.134. The maximum atomic E-state index is 12.4. The molecule has 0 unspecified atom stereocenters. The van der Waals surface area contributed by atoms with Crippen LogP contribution in [0, 0.1) is 0 Å². The second-order valence-corrected chi connectivity index (χ2v) is 5.40. The van der Waals surface area contributed by atoms with Gasteiger partial charge < -0.3 is 10.2 Å². The van der Waals surface area contributed by atoms with E-state index >= 15 is 0 Å². The lowest BCUT2D eigenvalue weighted by Gasteiger charge is -2.17. The van der Waals surface area contributed by atoms with Crippen molar-refractivity contribution in [1.29, 1.82) is 0 Å². The van der Waals surface area contributed by atoms with Crippen LogP contribution in [0.5, 0.6) is 0 Å². The smallest absolute Gasteiger partial charge is 0.383 e. The van der Waals surface area contributed by atoms with Crippen LogP contribution in [0.3, 0.4) is 0 Å². The highest BCUT2D eigenvalue weighted by molar-refractivity contribution is 7.12. The summed E-state index contributed by atoms with van der Waals surface area (Å²) in [6.45, 7) is 0. The zero-order valence-electron chi connectivity index (χ0n) is 10.6. The van der Waals surface area contributed by atoms with Gasteiger partial charge in [0, 0.05) is 31.4 Å². The van der Waals surface area contributed by atoms with Gasteiger partial charge in [-0.1, -0.05) is 0 Å². The number of fused-ring (bicyclic) bond motifs is 1. The molecular weight excluding hydrogens is 293 g/mol. The van der Waals surface area contributed by atoms with Gasteiger partial charge in [0.2, 0.25) is 5.78 Å². The molecule has 1 atom stereocenters. The van der Waals surface area contributed by atoms with Gasteiger partial charge in [0.1, 0.15) is 0 Å². The number of carbonyl (C=O) groups is 2. The first-order valence-electron chi connectivity index (χ1n) is 5.59. The van der Waals surface area contributed by atoms with E-state index in [0.29, 0.717) is 10.4 Å². The molecule has 0 saturated heterocycles. The van der Waals surface area contributed by atoms with Crippen LogP contribution in [0.25, 0.3) is 0 Å². The van der Waals surface area contributed by atoms with E-state index in [4.69, 9.17) is 0 Å². The maximum Gasteiger partial charge on any atom is 0.471 e. The summed E-state index contributed by atoms with van der Waals surface area (Å²) in [5.41, 5.74) is 0.542. The molecule has 2 rings (SSSR count). The molecule has 1 aliphatic rings. The van der Waals surface area contributed by atoms with Crippen molar-refractivity contribution in [3.63, 3.8) is 0 Å². The maximum absolute atomic E-state index is 12.4. The Balaban J connectivity index is 2.38. The van der Waals surface area contributed by atoms with Gasteiger partial charge in [-0.15, -0.1) is 11.3 Å². The highest BCUT2D eigenvalue weighted by atomic mass is 32.1. The molecule has 1 aliphatic carbocycles. The van der Waals surface area contributed by atoms with E-state index in [9.17, 15) is 22.8 Å². The summed E-state index contributed by atoms with van der Waals surface area (Å²) in [5.74, 6) is -2.41. The second-order valence-electron chi connectivity index (χ2n) is 4.49. The Morgan fingerprint density at radius 3 is 2.65 bits per heavy atom. The number of hydrogen-bond donors (Lipinski definition) is 1. The molecule has 0 bridgehead atoms. The van der Waals surface area contributed by atoms with E-state index in [0.717, 1.165) is 11.3 Å². The number of nitrogens with one attached hydrogen (secondary N) is 1. The number of nitrogens with zero attached hydrogens (tertiary/aromatic N) is 1. The van der Waals surface area contributed by atoms with Crippen LogP contribution >= 0.6 is 11.3 Å². The van der Waals surface area contributed by atoms with Crippen LogP contribution in [0.4, 0.5) is 13.2 Å². The first-order valence-corrected chi connectivity index (χ1v) is 6.47. The van der Waals surface area contributed by atoms with Gasteiger partial charge in [-0.2, -0.15) is 13.2 Å². The second kappa shape index (κ2) is 4.93. The normalized spacial score (nSPS) is 20.1. The molecule has 0 spiro atoms. The Morgan fingerprint density at radius 1 is 1.45 bits per heavy atom. The molecular formula is C12H11F3N2O2S. The fraction of sp³-hybridized carbons (Fsp3) is 0.333. The van der Waals surface area contributed by atoms with Gasteiger partial charge >= 0.3 is 12.1 Å². The predicted octanol–water partition coefficient (Wildman–Crippen LogP) is 2.11. The summed E-state index contributed by atoms with van der Waals surface area (Å²) in [7, 11) is 3.30. The van der Waals surface area contributed by atoms with Gasteiger partial charge in [-0.3, -0.25) is 9.59 Å². The quantitative estimate of drug-likeness (QED) is 0.851. The predicted molar refractivity (Wildman–Crippen MR) is 67.4 cm³/mol. The third-order valence-electron chi connectivity index (χ3n) is 2.72. The molecule has 108 valence electrons. The molecule has 0 fully saturated rings. The Hall–Kier alpha value is -1.83. The topological polar surface area (TPSA) is 49.4 Å². The molecule has 0 aromatic carbocycles. The van der Waals surface area contributed by atoms with Gasteiger partial charge in [-0.05, 0) is 11.4 Å². The number of hydrogen-bond acceptors (Lipinski definition) is 4. The molecule has 1 amide bonds. The molecule has 0 radical (unpaired) electrons. The third-order valence-corrected chi connectivity index (χ3v) is 3.65. The van der Waals surface area contributed by atoms with Crippen molar-refractivity contribution < 1.29 is 22.8 Å². The van der Waals surface area contributed by atoms with Gasteiger partial charge in [0.05, 0.1) is 10.9 Å².